The predicted octanol–water partition coefficient (Wildman–Crippen LogP) is 4.02. The fourth-order valence-electron chi connectivity index (χ4n) is 1.10. The van der Waals surface area contributed by atoms with Crippen LogP contribution in [0.25, 0.3) is 10.2 Å². The third-order valence-corrected chi connectivity index (χ3v) is 3.84. The molecule has 0 unspecified atom stereocenters. The van der Waals surface area contributed by atoms with Gasteiger partial charge in [0.1, 0.15) is 5.15 Å². The van der Waals surface area contributed by atoms with Gasteiger partial charge in [-0.3, -0.25) is 0 Å². The van der Waals surface area contributed by atoms with Gasteiger partial charge in [-0.15, -0.1) is 11.3 Å². The monoisotopic (exact) mass is 261 g/mol. The Labute approximate surface area is 87.5 Å². The van der Waals surface area contributed by atoms with Gasteiger partial charge < -0.3 is 0 Å². The molecule has 0 amide bonds. The lowest BCUT2D eigenvalue weighted by Crippen LogP contribution is -1.79. The van der Waals surface area contributed by atoms with Crippen molar-refractivity contribution in [3.05, 3.63) is 26.6 Å². The van der Waals surface area contributed by atoms with Gasteiger partial charge in [-0.05, 0) is 34.5 Å². The van der Waals surface area contributed by atoms with Gasteiger partial charge in [0.2, 0.25) is 0 Å². The maximum Gasteiger partial charge on any atom is 0.130 e. The van der Waals surface area contributed by atoms with Crippen LogP contribution in [0.5, 0.6) is 0 Å². The number of fused-ring (bicyclic) bond motifs is 1. The first-order valence-corrected chi connectivity index (χ1v) is 5.43. The molecular formula is C8H5BrClNS. The molecule has 2 rings (SSSR count). The van der Waals surface area contributed by atoms with Crippen LogP contribution >= 0.6 is 38.9 Å². The number of aromatic nitrogens is 1. The zero-order valence-electron chi connectivity index (χ0n) is 6.27. The summed E-state index contributed by atoms with van der Waals surface area (Å²) in [7, 11) is 0. The number of hydrogen-bond acceptors (Lipinski definition) is 2. The van der Waals surface area contributed by atoms with Crippen molar-refractivity contribution in [3.8, 4) is 0 Å². The molecule has 0 saturated carbocycles. The molecular weight excluding hydrogens is 258 g/mol. The van der Waals surface area contributed by atoms with Crippen molar-refractivity contribution in [1.82, 2.24) is 4.98 Å². The van der Waals surface area contributed by atoms with Crippen LogP contribution in [0.2, 0.25) is 5.15 Å². The van der Waals surface area contributed by atoms with E-state index >= 15 is 0 Å². The minimum Gasteiger partial charge on any atom is -0.234 e. The molecule has 0 aliphatic heterocycles. The van der Waals surface area contributed by atoms with Gasteiger partial charge in [-0.25, -0.2) is 4.98 Å². The fraction of sp³-hybridized carbons (Fsp3) is 0.125. The summed E-state index contributed by atoms with van der Waals surface area (Å²) in [6.07, 6.45) is 0. The zero-order chi connectivity index (χ0) is 8.72. The van der Waals surface area contributed by atoms with Crippen LogP contribution in [-0.2, 0) is 0 Å². The van der Waals surface area contributed by atoms with E-state index in [9.17, 15) is 0 Å². The molecule has 0 saturated heterocycles. The summed E-state index contributed by atoms with van der Waals surface area (Å²) in [4.78, 5) is 4.22. The van der Waals surface area contributed by atoms with E-state index in [4.69, 9.17) is 11.6 Å². The van der Waals surface area contributed by atoms with E-state index in [1.54, 1.807) is 11.3 Å². The van der Waals surface area contributed by atoms with Gasteiger partial charge in [-0.1, -0.05) is 11.6 Å². The topological polar surface area (TPSA) is 12.9 Å². The second-order valence-electron chi connectivity index (χ2n) is 2.52. The second-order valence-corrected chi connectivity index (χ2v) is 4.64. The Morgan fingerprint density at radius 1 is 1.58 bits per heavy atom. The van der Waals surface area contributed by atoms with Crippen molar-refractivity contribution in [1.29, 1.82) is 0 Å². The van der Waals surface area contributed by atoms with Crippen LogP contribution in [0.4, 0.5) is 0 Å². The maximum absolute atomic E-state index is 5.83. The number of rotatable bonds is 0. The highest BCUT2D eigenvalue weighted by Crippen LogP contribution is 2.32. The van der Waals surface area contributed by atoms with Gasteiger partial charge >= 0.3 is 0 Å². The SMILES string of the molecule is Cc1cc(Cl)nc2c(Br)csc12. The third-order valence-electron chi connectivity index (χ3n) is 1.63. The van der Waals surface area contributed by atoms with Crippen molar-refractivity contribution in [2.75, 3.05) is 0 Å². The second kappa shape index (κ2) is 2.98. The van der Waals surface area contributed by atoms with Crippen LogP contribution < -0.4 is 0 Å². The lowest BCUT2D eigenvalue weighted by atomic mass is 10.3. The average molecular weight is 263 g/mol. The average Bonchev–Trinajstić information content (AvgIpc) is 2.33. The molecule has 0 fully saturated rings. The first-order chi connectivity index (χ1) is 5.68. The standard InChI is InChI=1S/C8H5BrClNS/c1-4-2-6(10)11-7-5(9)3-12-8(4)7/h2-3H,1H3. The fourth-order valence-corrected chi connectivity index (χ4v) is 2.89. The molecule has 2 aromatic heterocycles. The van der Waals surface area contributed by atoms with E-state index < -0.39 is 0 Å². The number of nitrogens with zero attached hydrogens (tertiary/aromatic N) is 1. The van der Waals surface area contributed by atoms with Crippen molar-refractivity contribution >= 4 is 49.1 Å². The lowest BCUT2D eigenvalue weighted by Gasteiger charge is -1.95. The highest BCUT2D eigenvalue weighted by molar-refractivity contribution is 9.10. The molecule has 62 valence electrons. The Balaban J connectivity index is 2.92. The summed E-state index contributed by atoms with van der Waals surface area (Å²) in [6.45, 7) is 2.04. The molecule has 0 atom stereocenters. The molecule has 0 bridgehead atoms. The molecule has 12 heavy (non-hydrogen) atoms. The molecule has 4 heteroatoms. The predicted molar refractivity (Wildman–Crippen MR) is 57.1 cm³/mol. The smallest absolute Gasteiger partial charge is 0.130 e. The summed E-state index contributed by atoms with van der Waals surface area (Å²) in [5.74, 6) is 0. The Hall–Kier alpha value is -0.120. The third kappa shape index (κ3) is 1.26. The molecule has 0 aliphatic carbocycles. The Bertz CT molecular complexity index is 438. The molecule has 0 aromatic carbocycles. The zero-order valence-corrected chi connectivity index (χ0v) is 9.42. The molecule has 1 nitrogen and oxygen atoms in total. The van der Waals surface area contributed by atoms with E-state index in [-0.39, 0.29) is 0 Å². The molecule has 2 heterocycles. The van der Waals surface area contributed by atoms with Crippen molar-refractivity contribution < 1.29 is 0 Å². The van der Waals surface area contributed by atoms with Crippen molar-refractivity contribution in [3.63, 3.8) is 0 Å². The van der Waals surface area contributed by atoms with E-state index in [1.165, 1.54) is 10.3 Å². The number of hydrogen-bond donors (Lipinski definition) is 0. The van der Waals surface area contributed by atoms with Crippen LogP contribution in [0, 0.1) is 6.92 Å². The number of thiophene rings is 1. The quantitative estimate of drug-likeness (QED) is 0.654. The first-order valence-electron chi connectivity index (χ1n) is 3.38. The van der Waals surface area contributed by atoms with Crippen LogP contribution in [-0.4, -0.2) is 4.98 Å². The summed E-state index contributed by atoms with van der Waals surface area (Å²) in [5, 5.41) is 2.58. The summed E-state index contributed by atoms with van der Waals surface area (Å²) in [5.41, 5.74) is 2.14. The molecule has 0 aliphatic rings. The normalized spacial score (nSPS) is 10.9. The van der Waals surface area contributed by atoms with Crippen LogP contribution in [0.1, 0.15) is 5.56 Å². The summed E-state index contributed by atoms with van der Waals surface area (Å²) >= 11 is 10.9. The largest absolute Gasteiger partial charge is 0.234 e. The van der Waals surface area contributed by atoms with E-state index in [0.717, 1.165) is 9.99 Å². The number of halogens is 2. The van der Waals surface area contributed by atoms with Crippen molar-refractivity contribution in [2.24, 2.45) is 0 Å². The van der Waals surface area contributed by atoms with Gasteiger partial charge in [0.05, 0.1) is 14.7 Å². The van der Waals surface area contributed by atoms with Crippen LogP contribution in [0.15, 0.2) is 15.9 Å². The summed E-state index contributed by atoms with van der Waals surface area (Å²) in [6, 6.07) is 1.88. The number of pyridine rings is 1. The van der Waals surface area contributed by atoms with Gasteiger partial charge in [0.15, 0.2) is 0 Å². The Morgan fingerprint density at radius 3 is 3.08 bits per heavy atom. The molecule has 0 radical (unpaired) electrons. The van der Waals surface area contributed by atoms with Crippen LogP contribution in [0.3, 0.4) is 0 Å². The van der Waals surface area contributed by atoms with Crippen molar-refractivity contribution in [2.45, 2.75) is 6.92 Å². The highest BCUT2D eigenvalue weighted by Gasteiger charge is 2.06. The van der Waals surface area contributed by atoms with Gasteiger partial charge in [0.25, 0.3) is 0 Å². The minimum absolute atomic E-state index is 0.555. The van der Waals surface area contributed by atoms with E-state index in [0.29, 0.717) is 5.15 Å². The number of aryl methyl sites for hydroxylation is 1. The first kappa shape index (κ1) is 8.48. The van der Waals surface area contributed by atoms with E-state index in [1.807, 2.05) is 18.4 Å². The summed E-state index contributed by atoms with van der Waals surface area (Å²) < 4.78 is 2.22. The van der Waals surface area contributed by atoms with E-state index in [2.05, 4.69) is 20.9 Å². The Morgan fingerprint density at radius 2 is 2.33 bits per heavy atom. The molecule has 0 spiro atoms. The minimum atomic E-state index is 0.555. The molecule has 2 aromatic rings. The van der Waals surface area contributed by atoms with Gasteiger partial charge in [-0.2, -0.15) is 0 Å². The molecule has 0 N–H and O–H groups in total. The Kier molecular flexibility index (Phi) is 2.10. The highest BCUT2D eigenvalue weighted by atomic mass is 79.9. The lowest BCUT2D eigenvalue weighted by molar-refractivity contribution is 1.38. The van der Waals surface area contributed by atoms with Gasteiger partial charge in [0, 0.05) is 5.38 Å². The maximum atomic E-state index is 5.83.